The van der Waals surface area contributed by atoms with Gasteiger partial charge >= 0.3 is 0 Å². The molecule has 1 aromatic heterocycles. The van der Waals surface area contributed by atoms with Crippen LogP contribution in [-0.2, 0) is 6.61 Å². The summed E-state index contributed by atoms with van der Waals surface area (Å²) in [5.41, 5.74) is 2.28. The van der Waals surface area contributed by atoms with Gasteiger partial charge in [0.2, 0.25) is 0 Å². The fraction of sp³-hybridized carbons (Fsp3) is 0.455. The first-order valence-corrected chi connectivity index (χ1v) is 10.0. The lowest BCUT2D eigenvalue weighted by atomic mass is 9.91. The number of aryl methyl sites for hydroxylation is 1. The number of piperidine rings is 1. The third kappa shape index (κ3) is 4.81. The molecule has 1 fully saturated rings. The maximum Gasteiger partial charge on any atom is 0.272 e. The maximum atomic E-state index is 13.0. The lowest BCUT2D eigenvalue weighted by Crippen LogP contribution is -2.45. The maximum absolute atomic E-state index is 13.0. The number of hydrogen-bond acceptors (Lipinski definition) is 3. The van der Waals surface area contributed by atoms with Crippen molar-refractivity contribution < 1.29 is 9.53 Å². The second kappa shape index (κ2) is 8.75. The molecule has 144 valence electrons. The van der Waals surface area contributed by atoms with Crippen LogP contribution in [0, 0.1) is 12.8 Å². The first-order valence-electron chi connectivity index (χ1n) is 9.63. The van der Waals surface area contributed by atoms with E-state index in [2.05, 4.69) is 18.8 Å². The molecule has 4 nitrogen and oxygen atoms in total. The lowest BCUT2D eigenvalue weighted by Gasteiger charge is -2.37. The summed E-state index contributed by atoms with van der Waals surface area (Å²) >= 11 is 6.22. The van der Waals surface area contributed by atoms with Crippen LogP contribution in [0.2, 0.25) is 5.02 Å². The fourth-order valence-electron chi connectivity index (χ4n) is 3.50. The molecule has 2 heterocycles. The van der Waals surface area contributed by atoms with Crippen molar-refractivity contribution in [1.82, 2.24) is 9.88 Å². The minimum atomic E-state index is 0.0101. The molecule has 3 rings (SSSR count). The van der Waals surface area contributed by atoms with E-state index in [9.17, 15) is 4.79 Å². The number of likely N-dealkylation sites (tertiary alicyclic amines) is 1. The Morgan fingerprint density at radius 1 is 1.30 bits per heavy atom. The van der Waals surface area contributed by atoms with E-state index in [1.165, 1.54) is 6.42 Å². The largest absolute Gasteiger partial charge is 0.486 e. The third-order valence-corrected chi connectivity index (χ3v) is 5.60. The van der Waals surface area contributed by atoms with Crippen LogP contribution in [0.15, 0.2) is 36.4 Å². The molecule has 1 aromatic carbocycles. The Labute approximate surface area is 166 Å². The van der Waals surface area contributed by atoms with E-state index in [0.717, 1.165) is 24.9 Å². The molecule has 1 amide bonds. The van der Waals surface area contributed by atoms with Gasteiger partial charge in [0.25, 0.3) is 5.91 Å². The van der Waals surface area contributed by atoms with E-state index in [1.807, 2.05) is 42.2 Å². The van der Waals surface area contributed by atoms with Gasteiger partial charge in [-0.05, 0) is 62.4 Å². The zero-order valence-corrected chi connectivity index (χ0v) is 17.0. The van der Waals surface area contributed by atoms with Crippen molar-refractivity contribution in [2.75, 3.05) is 6.54 Å². The average molecular weight is 387 g/mol. The number of carbonyl (C=O) groups is 1. The van der Waals surface area contributed by atoms with E-state index in [4.69, 9.17) is 16.3 Å². The Bertz CT molecular complexity index is 809. The second-order valence-corrected chi connectivity index (χ2v) is 7.80. The number of nitrogens with zero attached hydrogens (tertiary/aromatic N) is 2. The van der Waals surface area contributed by atoms with Crippen LogP contribution in [0.3, 0.4) is 0 Å². The highest BCUT2D eigenvalue weighted by molar-refractivity contribution is 6.32. The minimum absolute atomic E-state index is 0.0101. The highest BCUT2D eigenvalue weighted by Crippen LogP contribution is 2.27. The van der Waals surface area contributed by atoms with Gasteiger partial charge in [0, 0.05) is 12.6 Å². The van der Waals surface area contributed by atoms with Crippen molar-refractivity contribution in [3.05, 3.63) is 58.4 Å². The summed E-state index contributed by atoms with van der Waals surface area (Å²) in [6, 6.07) is 11.4. The van der Waals surface area contributed by atoms with Gasteiger partial charge in [-0.15, -0.1) is 0 Å². The van der Waals surface area contributed by atoms with Crippen LogP contribution in [-0.4, -0.2) is 28.4 Å². The number of hydrogen-bond donors (Lipinski definition) is 0. The molecule has 1 saturated heterocycles. The molecule has 0 N–H and O–H groups in total. The predicted octanol–water partition coefficient (Wildman–Crippen LogP) is 5.27. The number of aromatic nitrogens is 1. The minimum Gasteiger partial charge on any atom is -0.486 e. The van der Waals surface area contributed by atoms with Gasteiger partial charge < -0.3 is 9.64 Å². The zero-order valence-electron chi connectivity index (χ0n) is 16.2. The SMILES string of the molecule is CCC1CCC(C)N(C(=O)c2cccc(COc3ccc(C)cc3Cl)n2)C1. The van der Waals surface area contributed by atoms with Gasteiger partial charge in [0.1, 0.15) is 18.1 Å². The molecule has 2 aromatic rings. The molecular formula is C22H27ClN2O2. The third-order valence-electron chi connectivity index (χ3n) is 5.31. The van der Waals surface area contributed by atoms with Crippen LogP contribution in [0.4, 0.5) is 0 Å². The van der Waals surface area contributed by atoms with Crippen molar-refractivity contribution in [2.24, 2.45) is 5.92 Å². The highest BCUT2D eigenvalue weighted by Gasteiger charge is 2.29. The van der Waals surface area contributed by atoms with Gasteiger partial charge in [-0.1, -0.05) is 37.1 Å². The number of benzene rings is 1. The topological polar surface area (TPSA) is 42.4 Å². The summed E-state index contributed by atoms with van der Waals surface area (Å²) in [7, 11) is 0. The predicted molar refractivity (Wildman–Crippen MR) is 108 cm³/mol. The summed E-state index contributed by atoms with van der Waals surface area (Å²) in [5.74, 6) is 1.22. The smallest absolute Gasteiger partial charge is 0.272 e. The van der Waals surface area contributed by atoms with E-state index >= 15 is 0 Å². The monoisotopic (exact) mass is 386 g/mol. The van der Waals surface area contributed by atoms with E-state index in [-0.39, 0.29) is 18.6 Å². The molecule has 0 bridgehead atoms. The van der Waals surface area contributed by atoms with Crippen LogP contribution in [0.25, 0.3) is 0 Å². The lowest BCUT2D eigenvalue weighted by molar-refractivity contribution is 0.0550. The van der Waals surface area contributed by atoms with Crippen molar-refractivity contribution in [1.29, 1.82) is 0 Å². The van der Waals surface area contributed by atoms with Crippen molar-refractivity contribution >= 4 is 17.5 Å². The van der Waals surface area contributed by atoms with Crippen LogP contribution in [0.5, 0.6) is 5.75 Å². The quantitative estimate of drug-likeness (QED) is 0.702. The van der Waals surface area contributed by atoms with E-state index < -0.39 is 0 Å². The van der Waals surface area contributed by atoms with E-state index in [0.29, 0.717) is 28.1 Å². The number of pyridine rings is 1. The summed E-state index contributed by atoms with van der Waals surface area (Å²) in [4.78, 5) is 19.5. The Kier molecular flexibility index (Phi) is 6.38. The van der Waals surface area contributed by atoms with Gasteiger partial charge in [0.15, 0.2) is 0 Å². The van der Waals surface area contributed by atoms with Crippen molar-refractivity contribution in [3.8, 4) is 5.75 Å². The number of carbonyl (C=O) groups excluding carboxylic acids is 1. The summed E-state index contributed by atoms with van der Waals surface area (Å²) in [6.45, 7) is 7.39. The Morgan fingerprint density at radius 2 is 2.11 bits per heavy atom. The molecular weight excluding hydrogens is 360 g/mol. The summed E-state index contributed by atoms with van der Waals surface area (Å²) < 4.78 is 5.79. The Morgan fingerprint density at radius 3 is 2.85 bits per heavy atom. The number of amides is 1. The molecule has 27 heavy (non-hydrogen) atoms. The second-order valence-electron chi connectivity index (χ2n) is 7.39. The van der Waals surface area contributed by atoms with Gasteiger partial charge in [-0.25, -0.2) is 4.98 Å². The zero-order chi connectivity index (χ0) is 19.4. The first-order chi connectivity index (χ1) is 13.0. The molecule has 2 atom stereocenters. The molecule has 1 aliphatic heterocycles. The molecule has 0 radical (unpaired) electrons. The number of rotatable bonds is 5. The fourth-order valence-corrected chi connectivity index (χ4v) is 3.79. The first kappa shape index (κ1) is 19.7. The van der Waals surface area contributed by atoms with Crippen LogP contribution >= 0.6 is 11.6 Å². The number of ether oxygens (including phenoxy) is 1. The number of halogens is 1. The average Bonchev–Trinajstić information content (AvgIpc) is 2.67. The molecule has 1 aliphatic rings. The van der Waals surface area contributed by atoms with Crippen LogP contribution in [0.1, 0.15) is 54.9 Å². The molecule has 0 aliphatic carbocycles. The summed E-state index contributed by atoms with van der Waals surface area (Å²) in [6.07, 6.45) is 3.36. The van der Waals surface area contributed by atoms with Gasteiger partial charge in [-0.2, -0.15) is 0 Å². The Balaban J connectivity index is 1.70. The molecule has 5 heteroatoms. The van der Waals surface area contributed by atoms with Crippen molar-refractivity contribution in [3.63, 3.8) is 0 Å². The normalized spacial score (nSPS) is 19.8. The highest BCUT2D eigenvalue weighted by atomic mass is 35.5. The van der Waals surface area contributed by atoms with Crippen molar-refractivity contribution in [2.45, 2.75) is 52.7 Å². The van der Waals surface area contributed by atoms with Gasteiger partial charge in [0.05, 0.1) is 10.7 Å². The molecule has 0 saturated carbocycles. The molecule has 0 spiro atoms. The van der Waals surface area contributed by atoms with Gasteiger partial charge in [-0.3, -0.25) is 4.79 Å². The van der Waals surface area contributed by atoms with Crippen LogP contribution < -0.4 is 4.74 Å². The summed E-state index contributed by atoms with van der Waals surface area (Å²) in [5, 5.41) is 0.579. The molecule has 2 unspecified atom stereocenters. The standard InChI is InChI=1S/C22H27ClN2O2/c1-4-17-10-9-16(3)25(13-17)22(26)20-7-5-6-18(24-20)14-27-21-11-8-15(2)12-19(21)23/h5-8,11-12,16-17H,4,9-10,13-14H2,1-3H3. The van der Waals surface area contributed by atoms with E-state index in [1.54, 1.807) is 6.07 Å². The Hall–Kier alpha value is -2.07.